The number of benzene rings is 1. The van der Waals surface area contributed by atoms with Crippen molar-refractivity contribution in [2.24, 2.45) is 0 Å². The highest BCUT2D eigenvalue weighted by Gasteiger charge is 2.04. The highest BCUT2D eigenvalue weighted by Crippen LogP contribution is 2.24. The van der Waals surface area contributed by atoms with Crippen LogP contribution >= 0.6 is 11.3 Å². The summed E-state index contributed by atoms with van der Waals surface area (Å²) in [5, 5.41) is 3.79. The van der Waals surface area contributed by atoms with Gasteiger partial charge in [0.2, 0.25) is 0 Å². The van der Waals surface area contributed by atoms with Gasteiger partial charge < -0.3 is 11.1 Å². The molecule has 2 rings (SSSR count). The van der Waals surface area contributed by atoms with Crippen molar-refractivity contribution in [2.45, 2.75) is 6.92 Å². The molecular formula is C10H12N3OS+. The molecule has 0 spiro atoms. The van der Waals surface area contributed by atoms with Crippen LogP contribution in [-0.4, -0.2) is 17.4 Å². The Kier molecular flexibility index (Phi) is 2.66. The highest BCUT2D eigenvalue weighted by atomic mass is 32.1. The normalized spacial score (nSPS) is 10.5. The van der Waals surface area contributed by atoms with Crippen molar-refractivity contribution in [2.75, 3.05) is 11.9 Å². The lowest BCUT2D eigenvalue weighted by molar-refractivity contribution is -0.353. The molecule has 0 aliphatic heterocycles. The lowest BCUT2D eigenvalue weighted by atomic mass is 10.3. The molecule has 0 unspecified atom stereocenters. The molecule has 0 aliphatic rings. The number of fused-ring (bicyclic) bond motifs is 1. The predicted molar refractivity (Wildman–Crippen MR) is 60.7 cm³/mol. The number of nitrogens with zero attached hydrogens (tertiary/aromatic N) is 1. The molecule has 0 radical (unpaired) electrons. The van der Waals surface area contributed by atoms with Crippen LogP contribution in [0, 0.1) is 6.92 Å². The Balaban J connectivity index is 2.33. The first-order chi connectivity index (χ1) is 7.19. The number of carbonyl (C=O) groups excluding carboxylic acids is 1. The maximum Gasteiger partial charge on any atom is 0.279 e. The molecule has 1 amide bonds. The van der Waals surface area contributed by atoms with E-state index < -0.39 is 0 Å². The van der Waals surface area contributed by atoms with Crippen LogP contribution in [0.5, 0.6) is 0 Å². The van der Waals surface area contributed by atoms with E-state index in [1.54, 1.807) is 11.3 Å². The minimum Gasteiger partial charge on any atom is -0.350 e. The molecule has 4 nitrogen and oxygen atoms in total. The molecule has 78 valence electrons. The SMILES string of the molecule is Cc1nc2cc(NC(=O)C[NH3+])ccc2s1. The summed E-state index contributed by atoms with van der Waals surface area (Å²) < 4.78 is 1.14. The van der Waals surface area contributed by atoms with Gasteiger partial charge in [0.1, 0.15) is 0 Å². The van der Waals surface area contributed by atoms with E-state index >= 15 is 0 Å². The molecule has 15 heavy (non-hydrogen) atoms. The number of nitrogens with one attached hydrogen (secondary N) is 1. The topological polar surface area (TPSA) is 69.6 Å². The summed E-state index contributed by atoms with van der Waals surface area (Å²) in [5.74, 6) is -0.0821. The molecule has 0 saturated carbocycles. The number of rotatable bonds is 2. The smallest absolute Gasteiger partial charge is 0.279 e. The molecule has 1 aromatic heterocycles. The fraction of sp³-hybridized carbons (Fsp3) is 0.200. The average molecular weight is 222 g/mol. The zero-order chi connectivity index (χ0) is 10.8. The van der Waals surface area contributed by atoms with Gasteiger partial charge in [0.05, 0.1) is 15.2 Å². The molecule has 4 N–H and O–H groups in total. The Hall–Kier alpha value is -1.46. The quantitative estimate of drug-likeness (QED) is 0.788. The third-order valence-corrected chi connectivity index (χ3v) is 2.96. The Morgan fingerprint density at radius 2 is 2.40 bits per heavy atom. The van der Waals surface area contributed by atoms with Crippen molar-refractivity contribution in [3.8, 4) is 0 Å². The number of aromatic nitrogens is 1. The Bertz CT molecular complexity index is 506. The van der Waals surface area contributed by atoms with E-state index in [0.29, 0.717) is 0 Å². The summed E-state index contributed by atoms with van der Waals surface area (Å²) in [5.41, 5.74) is 5.23. The van der Waals surface area contributed by atoms with Crippen molar-refractivity contribution in [3.63, 3.8) is 0 Å². The Labute approximate surface area is 91.1 Å². The second-order valence-electron chi connectivity index (χ2n) is 3.21. The molecule has 0 fully saturated rings. The Morgan fingerprint density at radius 3 is 3.13 bits per heavy atom. The zero-order valence-corrected chi connectivity index (χ0v) is 9.23. The first-order valence-electron chi connectivity index (χ1n) is 4.65. The van der Waals surface area contributed by atoms with Gasteiger partial charge in [-0.25, -0.2) is 4.98 Å². The van der Waals surface area contributed by atoms with Crippen molar-refractivity contribution in [1.82, 2.24) is 4.98 Å². The summed E-state index contributed by atoms with van der Waals surface area (Å²) in [7, 11) is 0. The number of thiazole rings is 1. The van der Waals surface area contributed by atoms with Gasteiger partial charge in [-0.05, 0) is 25.1 Å². The van der Waals surface area contributed by atoms with Crippen molar-refractivity contribution in [1.29, 1.82) is 0 Å². The van der Waals surface area contributed by atoms with E-state index in [1.165, 1.54) is 0 Å². The first kappa shape index (κ1) is 10.1. The van der Waals surface area contributed by atoms with E-state index in [4.69, 9.17) is 0 Å². The van der Waals surface area contributed by atoms with E-state index in [2.05, 4.69) is 16.0 Å². The van der Waals surface area contributed by atoms with E-state index in [-0.39, 0.29) is 12.5 Å². The van der Waals surface area contributed by atoms with Crippen molar-refractivity contribution in [3.05, 3.63) is 23.2 Å². The first-order valence-corrected chi connectivity index (χ1v) is 5.47. The van der Waals surface area contributed by atoms with Gasteiger partial charge in [0, 0.05) is 5.69 Å². The minimum absolute atomic E-state index is 0.0821. The lowest BCUT2D eigenvalue weighted by Crippen LogP contribution is -2.55. The summed E-state index contributed by atoms with van der Waals surface area (Å²) in [4.78, 5) is 15.5. The van der Waals surface area contributed by atoms with Crippen LogP contribution in [0.4, 0.5) is 5.69 Å². The van der Waals surface area contributed by atoms with Gasteiger partial charge in [-0.1, -0.05) is 0 Å². The number of carbonyl (C=O) groups is 1. The van der Waals surface area contributed by atoms with E-state index in [9.17, 15) is 4.79 Å². The molecule has 1 aromatic carbocycles. The molecule has 1 heterocycles. The molecule has 0 bridgehead atoms. The number of amides is 1. The van der Waals surface area contributed by atoms with Crippen LogP contribution in [0.3, 0.4) is 0 Å². The second kappa shape index (κ2) is 3.96. The standard InChI is InChI=1S/C10H11N3OS/c1-6-12-8-4-7(13-10(14)5-11)2-3-9(8)15-6/h2-4H,5,11H2,1H3,(H,13,14)/p+1. The molecule has 5 heteroatoms. The predicted octanol–water partition coefficient (Wildman–Crippen LogP) is 0.785. The van der Waals surface area contributed by atoms with Gasteiger partial charge in [-0.3, -0.25) is 4.79 Å². The maximum absolute atomic E-state index is 11.1. The fourth-order valence-electron chi connectivity index (χ4n) is 1.34. The van der Waals surface area contributed by atoms with Crippen LogP contribution in [-0.2, 0) is 4.79 Å². The summed E-state index contributed by atoms with van der Waals surface area (Å²) >= 11 is 1.65. The largest absolute Gasteiger partial charge is 0.350 e. The second-order valence-corrected chi connectivity index (χ2v) is 4.45. The third kappa shape index (κ3) is 2.14. The molecule has 0 saturated heterocycles. The molecule has 2 aromatic rings. The summed E-state index contributed by atoms with van der Waals surface area (Å²) in [6.45, 7) is 2.22. The Morgan fingerprint density at radius 1 is 1.60 bits per heavy atom. The number of aryl methyl sites for hydroxylation is 1. The number of anilines is 1. The van der Waals surface area contributed by atoms with E-state index in [1.807, 2.05) is 25.1 Å². The zero-order valence-electron chi connectivity index (χ0n) is 8.41. The van der Waals surface area contributed by atoms with Gasteiger partial charge in [0.25, 0.3) is 5.91 Å². The van der Waals surface area contributed by atoms with Gasteiger partial charge in [-0.2, -0.15) is 0 Å². The number of hydrogen-bond donors (Lipinski definition) is 2. The molecule has 0 atom stereocenters. The van der Waals surface area contributed by atoms with Crippen LogP contribution < -0.4 is 11.1 Å². The summed E-state index contributed by atoms with van der Waals surface area (Å²) in [6.07, 6.45) is 0. The van der Waals surface area contributed by atoms with Gasteiger partial charge >= 0.3 is 0 Å². The van der Waals surface area contributed by atoms with E-state index in [0.717, 1.165) is 20.9 Å². The van der Waals surface area contributed by atoms with Crippen molar-refractivity contribution >= 4 is 33.1 Å². The van der Waals surface area contributed by atoms with Gasteiger partial charge in [-0.15, -0.1) is 11.3 Å². The van der Waals surface area contributed by atoms with Crippen LogP contribution in [0.1, 0.15) is 5.01 Å². The van der Waals surface area contributed by atoms with Crippen LogP contribution in [0.15, 0.2) is 18.2 Å². The average Bonchev–Trinajstić information content (AvgIpc) is 2.57. The number of quaternary nitrogens is 1. The van der Waals surface area contributed by atoms with Crippen LogP contribution in [0.2, 0.25) is 0 Å². The van der Waals surface area contributed by atoms with Crippen LogP contribution in [0.25, 0.3) is 10.2 Å². The maximum atomic E-state index is 11.1. The monoisotopic (exact) mass is 222 g/mol. The van der Waals surface area contributed by atoms with Gasteiger partial charge in [0.15, 0.2) is 6.54 Å². The van der Waals surface area contributed by atoms with Crippen molar-refractivity contribution < 1.29 is 10.5 Å². The lowest BCUT2D eigenvalue weighted by Gasteiger charge is -2.00. The highest BCUT2D eigenvalue weighted by molar-refractivity contribution is 7.18. The minimum atomic E-state index is -0.0821. The summed E-state index contributed by atoms with van der Waals surface area (Å²) in [6, 6.07) is 5.73. The number of hydrogen-bond acceptors (Lipinski definition) is 3. The molecular weight excluding hydrogens is 210 g/mol. The fourth-order valence-corrected chi connectivity index (χ4v) is 2.15. The molecule has 0 aliphatic carbocycles. The third-order valence-electron chi connectivity index (χ3n) is 2.01.